The van der Waals surface area contributed by atoms with Gasteiger partial charge in [0.1, 0.15) is 16.8 Å². The van der Waals surface area contributed by atoms with Gasteiger partial charge in [0.2, 0.25) is 11.8 Å². The lowest BCUT2D eigenvalue weighted by Crippen LogP contribution is -2.54. The van der Waals surface area contributed by atoms with E-state index in [0.717, 1.165) is 15.6 Å². The number of alkyl halides is 1. The van der Waals surface area contributed by atoms with Gasteiger partial charge >= 0.3 is 5.69 Å². The molecule has 0 radical (unpaired) electrons. The normalized spacial score (nSPS) is 21.1. The molecule has 3 aromatic rings. The van der Waals surface area contributed by atoms with Gasteiger partial charge in [0, 0.05) is 50.9 Å². The van der Waals surface area contributed by atoms with Gasteiger partial charge < -0.3 is 25.3 Å². The van der Waals surface area contributed by atoms with Gasteiger partial charge in [-0.2, -0.15) is 0 Å². The number of aryl methyl sites for hydroxylation is 1. The summed E-state index contributed by atoms with van der Waals surface area (Å²) in [7, 11) is 4.20. The van der Waals surface area contributed by atoms with E-state index in [1.165, 1.54) is 33.6 Å². The second-order valence-corrected chi connectivity index (χ2v) is 11.4. The molecule has 1 fully saturated rings. The van der Waals surface area contributed by atoms with Crippen LogP contribution in [0.4, 0.5) is 0 Å². The number of ether oxygens (including phenoxy) is 1. The fourth-order valence-electron chi connectivity index (χ4n) is 5.32. The van der Waals surface area contributed by atoms with E-state index in [1.54, 1.807) is 30.4 Å². The van der Waals surface area contributed by atoms with Crippen LogP contribution < -0.4 is 31.9 Å². The third-order valence-corrected chi connectivity index (χ3v) is 8.61. The highest BCUT2D eigenvalue weighted by molar-refractivity contribution is 6.34. The molecule has 0 spiro atoms. The van der Waals surface area contributed by atoms with Crippen LogP contribution in [0.5, 0.6) is 5.88 Å². The molecule has 0 saturated carbocycles. The van der Waals surface area contributed by atoms with E-state index >= 15 is 0 Å². The van der Waals surface area contributed by atoms with E-state index < -0.39 is 28.1 Å². The lowest BCUT2D eigenvalue weighted by molar-refractivity contribution is -0.119. The average Bonchev–Trinajstić information content (AvgIpc) is 3.44. The molecule has 1 aliphatic carbocycles. The largest absolute Gasteiger partial charge is 0.480 e. The number of amides is 2. The zero-order valence-corrected chi connectivity index (χ0v) is 25.8. The van der Waals surface area contributed by atoms with E-state index in [1.807, 2.05) is 12.1 Å². The van der Waals surface area contributed by atoms with Gasteiger partial charge in [-0.1, -0.05) is 48.0 Å². The molecule has 5 rings (SSSR count). The summed E-state index contributed by atoms with van der Waals surface area (Å²) < 4.78 is 7.59. The number of allylic oxidation sites excluding steroid dienone is 2. The summed E-state index contributed by atoms with van der Waals surface area (Å²) in [6, 6.07) is 7.19. The van der Waals surface area contributed by atoms with Crippen LogP contribution in [0, 0.1) is 0 Å². The molecule has 2 aromatic heterocycles. The highest BCUT2D eigenvalue weighted by Crippen LogP contribution is 2.42. The van der Waals surface area contributed by atoms with Crippen LogP contribution in [0.1, 0.15) is 40.2 Å². The Morgan fingerprint density at radius 2 is 2.00 bits per heavy atom. The van der Waals surface area contributed by atoms with Crippen molar-refractivity contribution in [2.24, 2.45) is 14.1 Å². The molecule has 1 saturated heterocycles. The molecule has 230 valence electrons. The van der Waals surface area contributed by atoms with Crippen molar-refractivity contribution in [3.05, 3.63) is 103 Å². The number of carbonyl (C=O) groups is 2. The molecule has 3 atom stereocenters. The lowest BCUT2D eigenvalue weighted by atomic mass is 9.80. The molecule has 2 unspecified atom stereocenters. The minimum atomic E-state index is -1.53. The van der Waals surface area contributed by atoms with Crippen LogP contribution in [0.15, 0.2) is 64.5 Å². The zero-order valence-electron chi connectivity index (χ0n) is 24.3. The number of halogens is 2. The molecule has 2 aliphatic rings. The number of nitrogens with zero attached hydrogens (tertiary/aromatic N) is 4. The Kier molecular flexibility index (Phi) is 9.05. The molecular weight excluding hydrogens is 609 g/mol. The SMILES string of the molecule is COc1nc(C2(NC(=O)c3cn(C)c(=O)n(C)c3=O)C=CC=C(c3ccccc3Cl)[C@@H]2Cl)cnc1CNCC1CCC(=O)N1. The fraction of sp³-hybridized carbons (Fsp3) is 0.333. The van der Waals surface area contributed by atoms with Crippen molar-refractivity contribution in [3.8, 4) is 5.88 Å². The van der Waals surface area contributed by atoms with Crippen molar-refractivity contribution in [2.75, 3.05) is 13.7 Å². The molecule has 14 heteroatoms. The number of carbonyl (C=O) groups excluding carboxylic acids is 2. The summed E-state index contributed by atoms with van der Waals surface area (Å²) >= 11 is 13.8. The number of aromatic nitrogens is 4. The van der Waals surface area contributed by atoms with Crippen molar-refractivity contribution in [1.29, 1.82) is 0 Å². The molecule has 1 aliphatic heterocycles. The number of hydrogen-bond donors (Lipinski definition) is 3. The van der Waals surface area contributed by atoms with Crippen molar-refractivity contribution >= 4 is 40.6 Å². The first-order valence-corrected chi connectivity index (χ1v) is 14.6. The van der Waals surface area contributed by atoms with Gasteiger partial charge in [-0.3, -0.25) is 23.9 Å². The van der Waals surface area contributed by atoms with Crippen LogP contribution in [0.25, 0.3) is 5.57 Å². The Hall–Kier alpha value is -4.26. The highest BCUT2D eigenvalue weighted by Gasteiger charge is 2.45. The van der Waals surface area contributed by atoms with Crippen molar-refractivity contribution in [1.82, 2.24) is 35.1 Å². The molecule has 2 amide bonds. The van der Waals surface area contributed by atoms with Crippen molar-refractivity contribution in [3.63, 3.8) is 0 Å². The Bertz CT molecular complexity index is 1800. The van der Waals surface area contributed by atoms with Crippen LogP contribution in [-0.4, -0.2) is 56.0 Å². The maximum Gasteiger partial charge on any atom is 0.330 e. The average molecular weight is 641 g/mol. The Morgan fingerprint density at radius 1 is 1.23 bits per heavy atom. The van der Waals surface area contributed by atoms with Gasteiger partial charge in [-0.15, -0.1) is 11.6 Å². The summed E-state index contributed by atoms with van der Waals surface area (Å²) in [5.74, 6) is -0.548. The summed E-state index contributed by atoms with van der Waals surface area (Å²) in [5, 5.41) is 8.58. The summed E-state index contributed by atoms with van der Waals surface area (Å²) in [4.78, 5) is 59.9. The van der Waals surface area contributed by atoms with E-state index in [9.17, 15) is 19.2 Å². The second-order valence-electron chi connectivity index (χ2n) is 10.6. The summed E-state index contributed by atoms with van der Waals surface area (Å²) in [5.41, 5.74) is -1.15. The first-order valence-electron chi connectivity index (χ1n) is 13.8. The topological polar surface area (TPSA) is 149 Å². The maximum atomic E-state index is 13.8. The van der Waals surface area contributed by atoms with Crippen LogP contribution in [-0.2, 0) is 31.0 Å². The summed E-state index contributed by atoms with van der Waals surface area (Å²) in [6.45, 7) is 0.854. The standard InChI is InChI=1S/C30H31Cl2N7O5/c1-38-16-20(28(42)39(2)29(38)43)26(41)37-30(12-6-8-19(25(30)32)18-7-4-5-9-21(18)31)23-15-34-22(27(36-23)44-3)14-33-13-17-10-11-24(40)35-17/h4-9,12,15-17,25,33H,10-11,13-14H2,1-3H3,(H,35,40)(H,37,41)/t17?,25-,30?/m0/s1. The molecule has 3 heterocycles. The van der Waals surface area contributed by atoms with E-state index in [0.29, 0.717) is 41.4 Å². The molecule has 0 bridgehead atoms. The maximum absolute atomic E-state index is 13.8. The third kappa shape index (κ3) is 5.92. The number of rotatable bonds is 9. The molecular formula is C30H31Cl2N7O5. The first kappa shape index (κ1) is 31.2. The monoisotopic (exact) mass is 639 g/mol. The lowest BCUT2D eigenvalue weighted by Gasteiger charge is -2.38. The Morgan fingerprint density at radius 3 is 2.70 bits per heavy atom. The Balaban J connectivity index is 1.54. The minimum Gasteiger partial charge on any atom is -0.480 e. The predicted molar refractivity (Wildman–Crippen MR) is 166 cm³/mol. The third-order valence-electron chi connectivity index (χ3n) is 7.70. The van der Waals surface area contributed by atoms with E-state index in [2.05, 4.69) is 20.9 Å². The van der Waals surface area contributed by atoms with Crippen molar-refractivity contribution < 1.29 is 14.3 Å². The van der Waals surface area contributed by atoms with Crippen molar-refractivity contribution in [2.45, 2.75) is 36.3 Å². The van der Waals surface area contributed by atoms with Crippen LogP contribution in [0.2, 0.25) is 5.02 Å². The second kappa shape index (κ2) is 12.8. The van der Waals surface area contributed by atoms with Crippen LogP contribution >= 0.6 is 23.2 Å². The predicted octanol–water partition coefficient (Wildman–Crippen LogP) is 1.79. The molecule has 1 aromatic carbocycles. The molecule has 44 heavy (non-hydrogen) atoms. The minimum absolute atomic E-state index is 0.0304. The zero-order chi connectivity index (χ0) is 31.6. The van der Waals surface area contributed by atoms with Gasteiger partial charge in [0.05, 0.1) is 24.4 Å². The molecule has 3 N–H and O–H groups in total. The molecule has 12 nitrogen and oxygen atoms in total. The fourth-order valence-corrected chi connectivity index (χ4v) is 5.99. The number of benzene rings is 1. The first-order chi connectivity index (χ1) is 21.1. The highest BCUT2D eigenvalue weighted by atomic mass is 35.5. The van der Waals surface area contributed by atoms with Gasteiger partial charge in [0.15, 0.2) is 0 Å². The van der Waals surface area contributed by atoms with Gasteiger partial charge in [-0.25, -0.2) is 9.78 Å². The van der Waals surface area contributed by atoms with E-state index in [-0.39, 0.29) is 29.1 Å². The smallest absolute Gasteiger partial charge is 0.330 e. The Labute approximate surface area is 262 Å². The summed E-state index contributed by atoms with van der Waals surface area (Å²) in [6.07, 6.45) is 9.10. The van der Waals surface area contributed by atoms with Gasteiger partial charge in [-0.05, 0) is 23.6 Å². The van der Waals surface area contributed by atoms with E-state index in [4.69, 9.17) is 32.9 Å². The quantitative estimate of drug-likeness (QED) is 0.300. The van der Waals surface area contributed by atoms with Crippen LogP contribution in [0.3, 0.4) is 0 Å². The number of nitrogens with one attached hydrogen (secondary N) is 3. The number of hydrogen-bond acceptors (Lipinski definition) is 8. The number of methoxy groups -OCH3 is 1. The van der Waals surface area contributed by atoms with Gasteiger partial charge in [0.25, 0.3) is 11.5 Å².